The Labute approximate surface area is 197 Å². The fourth-order valence-electron chi connectivity index (χ4n) is 5.11. The molecular formula is C27H28FN3O3. The summed E-state index contributed by atoms with van der Waals surface area (Å²) >= 11 is 0. The number of aromatic nitrogens is 2. The van der Waals surface area contributed by atoms with Gasteiger partial charge in [-0.05, 0) is 43.4 Å². The van der Waals surface area contributed by atoms with E-state index in [9.17, 15) is 19.1 Å². The second-order valence-electron chi connectivity index (χ2n) is 9.58. The van der Waals surface area contributed by atoms with Crippen LogP contribution in [0.25, 0.3) is 11.3 Å². The molecule has 2 aliphatic rings. The van der Waals surface area contributed by atoms with Crippen molar-refractivity contribution in [2.75, 3.05) is 13.1 Å². The van der Waals surface area contributed by atoms with Gasteiger partial charge in [0.25, 0.3) is 5.56 Å². The van der Waals surface area contributed by atoms with Crippen LogP contribution >= 0.6 is 0 Å². The number of carbonyl (C=O) groups excluding carboxylic acids is 1. The van der Waals surface area contributed by atoms with Gasteiger partial charge in [0, 0.05) is 36.6 Å². The van der Waals surface area contributed by atoms with E-state index in [0.717, 1.165) is 18.4 Å². The number of halogens is 1. The van der Waals surface area contributed by atoms with Gasteiger partial charge >= 0.3 is 0 Å². The van der Waals surface area contributed by atoms with Crippen LogP contribution in [0.5, 0.6) is 0 Å². The number of hydrogen-bond donors (Lipinski definition) is 1. The van der Waals surface area contributed by atoms with Crippen molar-refractivity contribution >= 4 is 5.91 Å². The van der Waals surface area contributed by atoms with Gasteiger partial charge in [-0.1, -0.05) is 42.5 Å². The molecule has 7 heteroatoms. The summed E-state index contributed by atoms with van der Waals surface area (Å²) in [5, 5.41) is 11.6. The SMILES string of the molecule is O=C(CCc1ccccc1)N1CCC(O)(Cn2cnc(-c3ccccc3F)cc2=O)C2(CC2)C1. The average molecular weight is 462 g/mol. The third-order valence-corrected chi connectivity index (χ3v) is 7.41. The third kappa shape index (κ3) is 4.28. The summed E-state index contributed by atoms with van der Waals surface area (Å²) in [5.41, 5.74) is -0.140. The lowest BCUT2D eigenvalue weighted by atomic mass is 9.77. The van der Waals surface area contributed by atoms with Crippen molar-refractivity contribution in [2.24, 2.45) is 5.41 Å². The van der Waals surface area contributed by atoms with E-state index in [1.54, 1.807) is 18.2 Å². The monoisotopic (exact) mass is 461 g/mol. The fraction of sp³-hybridized carbons (Fsp3) is 0.370. The normalized spacial score (nSPS) is 20.9. The van der Waals surface area contributed by atoms with Crippen molar-refractivity contribution in [3.8, 4) is 11.3 Å². The number of hydrogen-bond acceptors (Lipinski definition) is 4. The van der Waals surface area contributed by atoms with Crippen molar-refractivity contribution in [3.05, 3.63) is 88.7 Å². The number of benzene rings is 2. The molecule has 0 bridgehead atoms. The Hall–Kier alpha value is -3.32. The van der Waals surface area contributed by atoms with Gasteiger partial charge in [0.15, 0.2) is 0 Å². The van der Waals surface area contributed by atoms with Gasteiger partial charge in [-0.25, -0.2) is 9.37 Å². The summed E-state index contributed by atoms with van der Waals surface area (Å²) in [7, 11) is 0. The number of amides is 1. The number of aryl methyl sites for hydroxylation is 1. The maximum absolute atomic E-state index is 14.1. The molecule has 6 nitrogen and oxygen atoms in total. The molecule has 0 radical (unpaired) electrons. The topological polar surface area (TPSA) is 75.4 Å². The minimum atomic E-state index is -1.09. The Bertz CT molecular complexity index is 1260. The van der Waals surface area contributed by atoms with Crippen LogP contribution in [0.3, 0.4) is 0 Å². The molecule has 2 heterocycles. The molecule has 1 saturated heterocycles. The van der Waals surface area contributed by atoms with Crippen molar-refractivity contribution in [1.82, 2.24) is 14.5 Å². The molecule has 1 unspecified atom stereocenters. The van der Waals surface area contributed by atoms with Gasteiger partial charge < -0.3 is 10.0 Å². The minimum absolute atomic E-state index is 0.102. The largest absolute Gasteiger partial charge is 0.387 e. The standard InChI is InChI=1S/C27H28FN3O3/c28-22-9-5-4-8-21(22)23-16-25(33)31(19-29-23)18-27(34)14-15-30(17-26(27)12-13-26)24(32)11-10-20-6-2-1-3-7-20/h1-9,16,19,34H,10-15,17-18H2. The minimum Gasteiger partial charge on any atom is -0.387 e. The van der Waals surface area contributed by atoms with Crippen LogP contribution in [0.15, 0.2) is 71.8 Å². The lowest BCUT2D eigenvalue weighted by Crippen LogP contribution is -2.57. The maximum atomic E-state index is 14.1. The molecule has 3 aromatic rings. The van der Waals surface area contributed by atoms with Crippen LogP contribution in [-0.2, 0) is 17.8 Å². The van der Waals surface area contributed by atoms with Crippen molar-refractivity contribution in [1.29, 1.82) is 0 Å². The van der Waals surface area contributed by atoms with Crippen LogP contribution < -0.4 is 5.56 Å². The van der Waals surface area contributed by atoms with Gasteiger partial charge in [-0.3, -0.25) is 14.2 Å². The fourth-order valence-corrected chi connectivity index (χ4v) is 5.11. The highest BCUT2D eigenvalue weighted by atomic mass is 19.1. The van der Waals surface area contributed by atoms with Crippen LogP contribution in [0.1, 0.15) is 31.2 Å². The summed E-state index contributed by atoms with van der Waals surface area (Å²) in [6, 6.07) is 17.5. The van der Waals surface area contributed by atoms with E-state index in [-0.39, 0.29) is 29.3 Å². The van der Waals surface area contributed by atoms with Crippen LogP contribution in [0.2, 0.25) is 0 Å². The van der Waals surface area contributed by atoms with E-state index >= 15 is 0 Å². The van der Waals surface area contributed by atoms with Crippen LogP contribution in [0.4, 0.5) is 4.39 Å². The Morgan fingerprint density at radius 3 is 2.50 bits per heavy atom. The number of piperidine rings is 1. The molecule has 34 heavy (non-hydrogen) atoms. The highest BCUT2D eigenvalue weighted by molar-refractivity contribution is 5.76. The van der Waals surface area contributed by atoms with E-state index in [1.165, 1.54) is 23.0 Å². The van der Waals surface area contributed by atoms with Gasteiger partial charge in [0.1, 0.15) is 5.82 Å². The van der Waals surface area contributed by atoms with E-state index in [1.807, 2.05) is 35.2 Å². The number of likely N-dealkylation sites (tertiary alicyclic amines) is 1. The summed E-state index contributed by atoms with van der Waals surface area (Å²) in [4.78, 5) is 31.8. The van der Waals surface area contributed by atoms with Gasteiger partial charge in [-0.15, -0.1) is 0 Å². The first kappa shape index (κ1) is 22.5. The first-order valence-corrected chi connectivity index (χ1v) is 11.7. The first-order chi connectivity index (χ1) is 16.4. The molecule has 176 valence electrons. The van der Waals surface area contributed by atoms with E-state index < -0.39 is 16.8 Å². The zero-order valence-electron chi connectivity index (χ0n) is 19.0. The van der Waals surface area contributed by atoms with Gasteiger partial charge in [0.05, 0.1) is 24.2 Å². The smallest absolute Gasteiger partial charge is 0.253 e. The summed E-state index contributed by atoms with van der Waals surface area (Å²) in [5.74, 6) is -0.336. The van der Waals surface area contributed by atoms with E-state index in [2.05, 4.69) is 4.98 Å². The lowest BCUT2D eigenvalue weighted by molar-refractivity contribution is -0.144. The summed E-state index contributed by atoms with van der Waals surface area (Å²) in [6.07, 6.45) is 4.58. The molecule has 1 atom stereocenters. The molecule has 1 aliphatic carbocycles. The molecule has 2 fully saturated rings. The quantitative estimate of drug-likeness (QED) is 0.610. The first-order valence-electron chi connectivity index (χ1n) is 11.7. The average Bonchev–Trinajstić information content (AvgIpc) is 3.63. The molecule has 1 aliphatic heterocycles. The zero-order chi connectivity index (χ0) is 23.8. The van der Waals surface area contributed by atoms with Gasteiger partial charge in [-0.2, -0.15) is 0 Å². The number of carbonyl (C=O) groups is 1. The second kappa shape index (κ2) is 8.80. The molecule has 1 saturated carbocycles. The molecule has 1 amide bonds. The number of rotatable bonds is 6. The lowest BCUT2D eigenvalue weighted by Gasteiger charge is -2.45. The van der Waals surface area contributed by atoms with E-state index in [0.29, 0.717) is 32.4 Å². The van der Waals surface area contributed by atoms with Crippen molar-refractivity contribution in [2.45, 2.75) is 44.2 Å². The molecule has 5 rings (SSSR count). The van der Waals surface area contributed by atoms with Gasteiger partial charge in [0.2, 0.25) is 5.91 Å². The predicted octanol–water partition coefficient (Wildman–Crippen LogP) is 3.43. The molecular weight excluding hydrogens is 433 g/mol. The Kier molecular flexibility index (Phi) is 5.81. The third-order valence-electron chi connectivity index (χ3n) is 7.41. The summed E-state index contributed by atoms with van der Waals surface area (Å²) < 4.78 is 15.5. The second-order valence-corrected chi connectivity index (χ2v) is 9.58. The number of nitrogens with zero attached hydrogens (tertiary/aromatic N) is 3. The Morgan fingerprint density at radius 1 is 1.06 bits per heavy atom. The summed E-state index contributed by atoms with van der Waals surface area (Å²) in [6.45, 7) is 1.08. The molecule has 1 N–H and O–H groups in total. The maximum Gasteiger partial charge on any atom is 0.253 e. The molecule has 1 aromatic heterocycles. The van der Waals surface area contributed by atoms with Crippen molar-refractivity contribution in [3.63, 3.8) is 0 Å². The van der Waals surface area contributed by atoms with Crippen LogP contribution in [-0.4, -0.2) is 44.2 Å². The highest BCUT2D eigenvalue weighted by Gasteiger charge is 2.61. The Balaban J connectivity index is 1.27. The predicted molar refractivity (Wildman–Crippen MR) is 126 cm³/mol. The van der Waals surface area contributed by atoms with Crippen molar-refractivity contribution < 1.29 is 14.3 Å². The Morgan fingerprint density at radius 2 is 1.79 bits per heavy atom. The zero-order valence-corrected chi connectivity index (χ0v) is 19.0. The molecule has 1 spiro atoms. The van der Waals surface area contributed by atoms with Crippen LogP contribution in [0, 0.1) is 11.2 Å². The highest BCUT2D eigenvalue weighted by Crippen LogP contribution is 2.58. The van der Waals surface area contributed by atoms with E-state index in [4.69, 9.17) is 0 Å². The number of aliphatic hydroxyl groups is 1. The molecule has 2 aromatic carbocycles.